The molecule has 0 amide bonds. The second-order valence-electron chi connectivity index (χ2n) is 8.53. The van der Waals surface area contributed by atoms with E-state index in [4.69, 9.17) is 0 Å². The van der Waals surface area contributed by atoms with Gasteiger partial charge < -0.3 is 0 Å². The van der Waals surface area contributed by atoms with Crippen LogP contribution in [0.3, 0.4) is 0 Å². The largest absolute Gasteiger partial charge is 0.269 e. The molecule has 2 heterocycles. The Morgan fingerprint density at radius 2 is 1.34 bits per heavy atom. The lowest BCUT2D eigenvalue weighted by Crippen LogP contribution is -2.35. The number of para-hydroxylation sites is 1. The Labute approximate surface area is 204 Å². The van der Waals surface area contributed by atoms with Crippen LogP contribution in [0.25, 0.3) is 22.2 Å². The van der Waals surface area contributed by atoms with Gasteiger partial charge in [-0.25, -0.2) is 12.7 Å². The monoisotopic (exact) mass is 474 g/mol. The SMILES string of the molecule is Cc1cccc2c1S(=O)(=O)N(c1cccc3cccnc13)C(c1ccccc1)=C2c1ccccc1. The van der Waals surface area contributed by atoms with E-state index in [1.165, 1.54) is 4.31 Å². The standard InChI is InChI=1S/C30H22N2O2S/c1-21-11-8-18-25-27(22-12-4-2-5-13-22)29(24-14-6-3-7-15-24)32(35(33,34)30(21)25)26-19-9-16-23-17-10-20-31-28(23)26/h2-20H,1H3. The van der Waals surface area contributed by atoms with Gasteiger partial charge in [-0.15, -0.1) is 0 Å². The van der Waals surface area contributed by atoms with Gasteiger partial charge in [0.1, 0.15) is 0 Å². The molecular formula is C30H22N2O2S. The summed E-state index contributed by atoms with van der Waals surface area (Å²) in [5, 5.41) is 0.879. The van der Waals surface area contributed by atoms with E-state index in [1.54, 1.807) is 6.20 Å². The lowest BCUT2D eigenvalue weighted by atomic mass is 9.91. The van der Waals surface area contributed by atoms with E-state index in [1.807, 2.05) is 116 Å². The number of anilines is 1. The zero-order valence-electron chi connectivity index (χ0n) is 19.1. The number of sulfonamides is 1. The maximum Gasteiger partial charge on any atom is 0.269 e. The fourth-order valence-corrected chi connectivity index (χ4v) is 6.84. The van der Waals surface area contributed by atoms with Crippen LogP contribution >= 0.6 is 0 Å². The minimum absolute atomic E-state index is 0.325. The van der Waals surface area contributed by atoms with Crippen LogP contribution in [0.5, 0.6) is 0 Å². The van der Waals surface area contributed by atoms with E-state index in [9.17, 15) is 8.42 Å². The lowest BCUT2D eigenvalue weighted by Gasteiger charge is -2.36. The van der Waals surface area contributed by atoms with Crippen molar-refractivity contribution in [1.82, 2.24) is 4.98 Å². The van der Waals surface area contributed by atoms with Crippen molar-refractivity contribution in [3.63, 3.8) is 0 Å². The van der Waals surface area contributed by atoms with Gasteiger partial charge >= 0.3 is 0 Å². The van der Waals surface area contributed by atoms with Crippen molar-refractivity contribution in [3.05, 3.63) is 138 Å². The second-order valence-corrected chi connectivity index (χ2v) is 10.3. The average Bonchev–Trinajstić information content (AvgIpc) is 2.89. The van der Waals surface area contributed by atoms with Crippen molar-refractivity contribution >= 4 is 37.9 Å². The molecule has 6 rings (SSSR count). The number of rotatable bonds is 3. The molecule has 1 aliphatic heterocycles. The summed E-state index contributed by atoms with van der Waals surface area (Å²) < 4.78 is 30.5. The molecule has 1 aromatic heterocycles. The smallest absolute Gasteiger partial charge is 0.254 e. The van der Waals surface area contributed by atoms with Gasteiger partial charge in [-0.05, 0) is 35.7 Å². The highest BCUT2D eigenvalue weighted by molar-refractivity contribution is 7.93. The molecule has 4 aromatic carbocycles. The third-order valence-electron chi connectivity index (χ3n) is 6.36. The molecule has 4 nitrogen and oxygen atoms in total. The maximum absolute atomic E-state index is 14.5. The number of hydrogen-bond acceptors (Lipinski definition) is 3. The molecule has 0 unspecified atom stereocenters. The van der Waals surface area contributed by atoms with Crippen LogP contribution in [0.15, 0.2) is 120 Å². The molecule has 0 saturated carbocycles. The summed E-state index contributed by atoms with van der Waals surface area (Å²) >= 11 is 0. The Balaban J connectivity index is 1.83. The van der Waals surface area contributed by atoms with Gasteiger partial charge in [-0.2, -0.15) is 0 Å². The molecular weight excluding hydrogens is 452 g/mol. The first-order valence-corrected chi connectivity index (χ1v) is 12.9. The fourth-order valence-electron chi connectivity index (χ4n) is 4.89. The van der Waals surface area contributed by atoms with Crippen LogP contribution in [-0.2, 0) is 10.0 Å². The maximum atomic E-state index is 14.5. The van der Waals surface area contributed by atoms with Crippen molar-refractivity contribution in [1.29, 1.82) is 0 Å². The van der Waals surface area contributed by atoms with Crippen LogP contribution in [-0.4, -0.2) is 13.4 Å². The van der Waals surface area contributed by atoms with E-state index in [0.717, 1.165) is 22.1 Å². The minimum atomic E-state index is -3.96. The molecule has 0 fully saturated rings. The van der Waals surface area contributed by atoms with E-state index in [-0.39, 0.29) is 0 Å². The number of hydrogen-bond donors (Lipinski definition) is 0. The van der Waals surface area contributed by atoms with Gasteiger partial charge in [0, 0.05) is 22.7 Å². The molecule has 0 aliphatic carbocycles. The predicted octanol–water partition coefficient (Wildman–Crippen LogP) is 6.67. The number of benzene rings is 4. The molecule has 0 atom stereocenters. The van der Waals surface area contributed by atoms with Crippen molar-refractivity contribution in [3.8, 4) is 0 Å². The summed E-state index contributed by atoms with van der Waals surface area (Å²) in [5.41, 5.74) is 5.84. The van der Waals surface area contributed by atoms with Gasteiger partial charge in [0.2, 0.25) is 0 Å². The zero-order chi connectivity index (χ0) is 24.0. The number of aromatic nitrogens is 1. The second kappa shape index (κ2) is 8.22. The fraction of sp³-hybridized carbons (Fsp3) is 0.0333. The average molecular weight is 475 g/mol. The predicted molar refractivity (Wildman–Crippen MR) is 141 cm³/mol. The number of pyridine rings is 1. The molecule has 0 saturated heterocycles. The topological polar surface area (TPSA) is 50.3 Å². The Morgan fingerprint density at radius 3 is 2.09 bits per heavy atom. The van der Waals surface area contributed by atoms with Crippen molar-refractivity contribution in [2.75, 3.05) is 4.31 Å². The molecule has 5 heteroatoms. The first kappa shape index (κ1) is 21.3. The van der Waals surface area contributed by atoms with Gasteiger partial charge in [0.05, 0.1) is 21.8 Å². The molecule has 0 bridgehead atoms. The Kier molecular flexibility index (Phi) is 5.01. The van der Waals surface area contributed by atoms with Crippen molar-refractivity contribution in [2.24, 2.45) is 0 Å². The third kappa shape index (κ3) is 3.35. The third-order valence-corrected chi connectivity index (χ3v) is 8.28. The van der Waals surface area contributed by atoms with Gasteiger partial charge in [-0.1, -0.05) is 97.1 Å². The Hall–Kier alpha value is -4.22. The van der Waals surface area contributed by atoms with Crippen LogP contribution in [0.2, 0.25) is 0 Å². The summed E-state index contributed by atoms with van der Waals surface area (Å²) in [4.78, 5) is 4.92. The van der Waals surface area contributed by atoms with Crippen molar-refractivity contribution < 1.29 is 8.42 Å². The summed E-state index contributed by atoms with van der Waals surface area (Å²) in [6.45, 7) is 1.85. The highest BCUT2D eigenvalue weighted by Crippen LogP contribution is 2.48. The number of aryl methyl sites for hydroxylation is 1. The highest BCUT2D eigenvalue weighted by Gasteiger charge is 2.40. The van der Waals surface area contributed by atoms with Crippen LogP contribution in [0.4, 0.5) is 5.69 Å². The lowest BCUT2D eigenvalue weighted by molar-refractivity contribution is 0.595. The molecule has 170 valence electrons. The Morgan fingerprint density at radius 1 is 0.686 bits per heavy atom. The van der Waals surface area contributed by atoms with Crippen LogP contribution in [0.1, 0.15) is 22.3 Å². The van der Waals surface area contributed by atoms with Crippen LogP contribution in [0, 0.1) is 6.92 Å². The Bertz CT molecular complexity index is 1700. The van der Waals surface area contributed by atoms with E-state index in [2.05, 4.69) is 4.98 Å². The molecule has 0 spiro atoms. The summed E-state index contributed by atoms with van der Waals surface area (Å²) in [7, 11) is -3.96. The molecule has 35 heavy (non-hydrogen) atoms. The van der Waals surface area contributed by atoms with E-state index in [0.29, 0.717) is 32.9 Å². The quantitative estimate of drug-likeness (QED) is 0.293. The van der Waals surface area contributed by atoms with Gasteiger partial charge in [-0.3, -0.25) is 4.98 Å². The van der Waals surface area contributed by atoms with Gasteiger partial charge in [0.15, 0.2) is 0 Å². The zero-order valence-corrected chi connectivity index (χ0v) is 19.9. The number of fused-ring (bicyclic) bond motifs is 2. The van der Waals surface area contributed by atoms with E-state index < -0.39 is 10.0 Å². The summed E-state index contributed by atoms with van der Waals surface area (Å²) in [6, 6.07) is 34.9. The summed E-state index contributed by atoms with van der Waals surface area (Å²) in [5.74, 6) is 0. The molecule has 5 aromatic rings. The van der Waals surface area contributed by atoms with Crippen LogP contribution < -0.4 is 4.31 Å². The van der Waals surface area contributed by atoms with Crippen molar-refractivity contribution in [2.45, 2.75) is 11.8 Å². The van der Waals surface area contributed by atoms with Gasteiger partial charge in [0.25, 0.3) is 10.0 Å². The number of nitrogens with zero attached hydrogens (tertiary/aromatic N) is 2. The molecule has 1 aliphatic rings. The first-order valence-electron chi connectivity index (χ1n) is 11.4. The highest BCUT2D eigenvalue weighted by atomic mass is 32.2. The molecule has 0 radical (unpaired) electrons. The summed E-state index contributed by atoms with van der Waals surface area (Å²) in [6.07, 6.45) is 1.70. The first-order chi connectivity index (χ1) is 17.1. The van der Waals surface area contributed by atoms with E-state index >= 15 is 0 Å². The molecule has 0 N–H and O–H groups in total. The normalized spacial score (nSPS) is 14.7. The minimum Gasteiger partial charge on any atom is -0.254 e.